The Kier molecular flexibility index (Phi) is 17.0. The topological polar surface area (TPSA) is 22.2 Å². The van der Waals surface area contributed by atoms with Crippen molar-refractivity contribution in [3.8, 4) is 39.1 Å². The third-order valence-electron chi connectivity index (χ3n) is 26.4. The number of hydrogen-bond donors (Lipinski definition) is 0. The van der Waals surface area contributed by atoms with E-state index in [0.717, 1.165) is 31.4 Å². The monoisotopic (exact) mass is 1370 g/mol. The molecule has 6 fully saturated rings. The molecule has 0 aromatic heterocycles. The fraction of sp³-hybridized carbons (Fsp3) is 0.271. The van der Waals surface area contributed by atoms with Gasteiger partial charge in [-0.25, -0.2) is 0 Å². The molecular formula is C96H90B2N4OS. The minimum Gasteiger partial charge on any atom is -0.491 e. The number of hydrogen-bond acceptors (Lipinski definition) is 6. The molecule has 4 saturated carbocycles. The highest BCUT2D eigenvalue weighted by atomic mass is 32.2. The maximum atomic E-state index is 7.83. The van der Waals surface area contributed by atoms with E-state index in [1.165, 1.54) is 146 Å². The number of allylic oxidation sites excluding steroid dienone is 2. The SMILES string of the molecule is C1=C2B3c4ccccc4OC4CC(N(C5CCC(c6ccccc6)CC5)C5CCC(c6ccccc6)CC5)CC(C34)N(c3ccccc3-c3ccccc3)C2=CC2SC3CC(N(c4ccc(-c5ccccc5)cc4)c4ccc(-c5ccccc5)cc4)CC4C3B(c3ccccc3N4c3ccccc3)C12. The van der Waals surface area contributed by atoms with Crippen LogP contribution in [0, 0.1) is 0 Å². The van der Waals surface area contributed by atoms with Crippen LogP contribution in [0.5, 0.6) is 5.75 Å². The van der Waals surface area contributed by atoms with E-state index >= 15 is 0 Å². The second-order valence-corrected chi connectivity index (χ2v) is 33.0. The minimum absolute atomic E-state index is 0.0423. The van der Waals surface area contributed by atoms with Crippen LogP contribution in [0.3, 0.4) is 0 Å². The van der Waals surface area contributed by atoms with Crippen molar-refractivity contribution >= 4 is 64.5 Å². The van der Waals surface area contributed by atoms with E-state index < -0.39 is 0 Å². The van der Waals surface area contributed by atoms with Gasteiger partial charge in [-0.2, -0.15) is 11.8 Å². The Hall–Kier alpha value is -9.46. The van der Waals surface area contributed by atoms with Crippen molar-refractivity contribution in [3.05, 3.63) is 338 Å². The second-order valence-electron chi connectivity index (χ2n) is 31.6. The lowest BCUT2D eigenvalue weighted by atomic mass is 9.23. The quantitative estimate of drug-likeness (QED) is 0.107. The van der Waals surface area contributed by atoms with Gasteiger partial charge < -0.3 is 19.4 Å². The predicted octanol–water partition coefficient (Wildman–Crippen LogP) is 21.8. The normalized spacial score (nSPS) is 27.1. The molecular weight excluding hydrogens is 1280 g/mol. The molecule has 104 heavy (non-hydrogen) atoms. The molecule has 10 unspecified atom stereocenters. The molecule has 0 radical (unpaired) electrons. The first-order valence-electron chi connectivity index (χ1n) is 39.3. The maximum absolute atomic E-state index is 7.83. The van der Waals surface area contributed by atoms with E-state index in [4.69, 9.17) is 4.74 Å². The van der Waals surface area contributed by atoms with Gasteiger partial charge >= 0.3 is 0 Å². The van der Waals surface area contributed by atoms with Crippen LogP contribution in [0.2, 0.25) is 17.5 Å². The molecule has 11 aromatic carbocycles. The molecule has 4 aliphatic heterocycles. The van der Waals surface area contributed by atoms with Crippen molar-refractivity contribution < 1.29 is 4.74 Å². The van der Waals surface area contributed by atoms with Crippen LogP contribution in [0.25, 0.3) is 33.4 Å². The summed E-state index contributed by atoms with van der Waals surface area (Å²) in [5, 5.41) is 0.575. The molecule has 0 bridgehead atoms. The summed E-state index contributed by atoms with van der Waals surface area (Å²) in [4.78, 5) is 11.8. The first-order chi connectivity index (χ1) is 51.6. The number of ether oxygens (including phenoxy) is 1. The molecule has 20 rings (SSSR count). The van der Waals surface area contributed by atoms with Crippen LogP contribution in [0.15, 0.2) is 327 Å². The van der Waals surface area contributed by atoms with Gasteiger partial charge in [-0.15, -0.1) is 0 Å². The summed E-state index contributed by atoms with van der Waals surface area (Å²) in [5.41, 5.74) is 22.9. The Labute approximate surface area is 620 Å². The molecule has 0 spiro atoms. The zero-order valence-electron chi connectivity index (χ0n) is 59.4. The summed E-state index contributed by atoms with van der Waals surface area (Å²) < 4.78 is 7.83. The van der Waals surface area contributed by atoms with Crippen LogP contribution in [-0.4, -0.2) is 71.2 Å². The first kappa shape index (κ1) is 64.2. The molecule has 5 nitrogen and oxygen atoms in total. The third kappa shape index (κ3) is 11.5. The summed E-state index contributed by atoms with van der Waals surface area (Å²) in [6.07, 6.45) is 20.1. The standard InChI is InChI=1S/C96H90B2N4OS/c1-7-25-65(26-8-1)69-43-51-75(52-44-69)99(76-53-45-70(46-54-76)66-27-9-2-10-28-66)79-59-89-95-92(61-79)103-91-42-24-21-39-83(91)98(95)84-63-85-93(64-88(84)102(89)86-40-22-19-37-81(86)73-33-15-5-16-34-73)104-94-62-80(60-90-96(94)97(85)82-38-20-23-41-87(82)101(90)74-35-17-6-18-36-74)100(77-55-47-71(48-56-77)67-29-11-3-12-30-67)78-57-49-72(50-58-78)68-31-13-4-14-32-68/h1-42,47-50,55-58,63-64,69-70,75-76,79-80,85,89-90,92-96H,43-46,51-54,59-62H2. The molecule has 2 saturated heterocycles. The van der Waals surface area contributed by atoms with E-state index in [0.29, 0.717) is 47.7 Å². The summed E-state index contributed by atoms with van der Waals surface area (Å²) in [5.74, 6) is 3.23. The van der Waals surface area contributed by atoms with Crippen molar-refractivity contribution in [3.63, 3.8) is 0 Å². The molecule has 9 aliphatic rings. The molecule has 0 N–H and O–H groups in total. The van der Waals surface area contributed by atoms with Gasteiger partial charge in [-0.05, 0) is 206 Å². The Morgan fingerprint density at radius 1 is 0.375 bits per heavy atom. The van der Waals surface area contributed by atoms with E-state index in [-0.39, 0.29) is 47.8 Å². The summed E-state index contributed by atoms with van der Waals surface area (Å²) in [6.45, 7) is 0.484. The van der Waals surface area contributed by atoms with Crippen LogP contribution in [-0.2, 0) is 0 Å². The van der Waals surface area contributed by atoms with Gasteiger partial charge in [0, 0.05) is 92.3 Å². The van der Waals surface area contributed by atoms with Crippen molar-refractivity contribution in [1.29, 1.82) is 0 Å². The van der Waals surface area contributed by atoms with E-state index in [1.54, 1.807) is 0 Å². The summed E-state index contributed by atoms with van der Waals surface area (Å²) >= 11 is 2.34. The van der Waals surface area contributed by atoms with E-state index in [1.807, 2.05) is 0 Å². The average Bonchev–Trinajstić information content (AvgIpc) is 0.692. The van der Waals surface area contributed by atoms with Crippen molar-refractivity contribution in [1.82, 2.24) is 4.90 Å². The molecule has 512 valence electrons. The lowest BCUT2D eigenvalue weighted by Gasteiger charge is -2.62. The van der Waals surface area contributed by atoms with Crippen molar-refractivity contribution in [2.45, 2.75) is 159 Å². The Bertz CT molecular complexity index is 4750. The van der Waals surface area contributed by atoms with Gasteiger partial charge in [0.1, 0.15) is 5.75 Å². The Morgan fingerprint density at radius 2 is 0.856 bits per heavy atom. The fourth-order valence-electron chi connectivity index (χ4n) is 22.1. The number of para-hydroxylation sites is 4. The highest BCUT2D eigenvalue weighted by Gasteiger charge is 2.63. The molecule has 10 atom stereocenters. The number of thioether (sulfide) groups is 1. The van der Waals surface area contributed by atoms with Crippen molar-refractivity contribution in [2.75, 3.05) is 14.7 Å². The molecule has 11 aromatic rings. The van der Waals surface area contributed by atoms with Crippen LogP contribution in [0.4, 0.5) is 28.4 Å². The Balaban J connectivity index is 0.735. The lowest BCUT2D eigenvalue weighted by molar-refractivity contribution is -0.0114. The maximum Gasteiger partial charge on any atom is 0.225 e. The molecule has 0 amide bonds. The summed E-state index contributed by atoms with van der Waals surface area (Å²) in [6, 6.07) is 117. The predicted molar refractivity (Wildman–Crippen MR) is 438 cm³/mol. The molecule has 5 aliphatic carbocycles. The van der Waals surface area contributed by atoms with E-state index in [9.17, 15) is 0 Å². The number of anilines is 5. The van der Waals surface area contributed by atoms with Crippen LogP contribution in [0.1, 0.15) is 100 Å². The largest absolute Gasteiger partial charge is 0.491 e. The summed E-state index contributed by atoms with van der Waals surface area (Å²) in [7, 11) is 0. The van der Waals surface area contributed by atoms with Crippen LogP contribution < -0.4 is 30.4 Å². The van der Waals surface area contributed by atoms with Gasteiger partial charge in [0.2, 0.25) is 6.71 Å². The average molecular weight is 1370 g/mol. The second kappa shape index (κ2) is 27.5. The smallest absolute Gasteiger partial charge is 0.225 e. The zero-order valence-corrected chi connectivity index (χ0v) is 60.2. The molecule has 4 heterocycles. The number of nitrogens with zero attached hydrogens (tertiary/aromatic N) is 4. The molecule has 8 heteroatoms. The van der Waals surface area contributed by atoms with Crippen molar-refractivity contribution in [2.24, 2.45) is 0 Å². The van der Waals surface area contributed by atoms with Gasteiger partial charge in [0.15, 0.2) is 6.71 Å². The highest BCUT2D eigenvalue weighted by Crippen LogP contribution is 2.63. The van der Waals surface area contributed by atoms with E-state index in [2.05, 4.69) is 347 Å². The van der Waals surface area contributed by atoms with Gasteiger partial charge in [-0.3, -0.25) is 4.90 Å². The third-order valence-corrected chi connectivity index (χ3v) is 28.0. The number of rotatable bonds is 13. The van der Waals surface area contributed by atoms with Gasteiger partial charge in [0.25, 0.3) is 0 Å². The number of fused-ring (bicyclic) bond motifs is 8. The van der Waals surface area contributed by atoms with Crippen LogP contribution >= 0.6 is 11.8 Å². The highest BCUT2D eigenvalue weighted by molar-refractivity contribution is 8.01. The van der Waals surface area contributed by atoms with Gasteiger partial charge in [-0.1, -0.05) is 266 Å². The van der Waals surface area contributed by atoms with Gasteiger partial charge in [0.05, 0.1) is 6.10 Å². The first-order valence-corrected chi connectivity index (χ1v) is 40.2. The lowest BCUT2D eigenvalue weighted by Crippen LogP contribution is -2.68. The Morgan fingerprint density at radius 3 is 1.45 bits per heavy atom. The number of benzene rings is 11. The minimum atomic E-state index is 0.0423. The fourth-order valence-corrected chi connectivity index (χ4v) is 24.0. The zero-order chi connectivity index (χ0) is 68.6.